The Morgan fingerprint density at radius 2 is 1.58 bits per heavy atom. The fourth-order valence-electron chi connectivity index (χ4n) is 4.17. The van der Waals surface area contributed by atoms with Crippen LogP contribution in [-0.2, 0) is 38.3 Å². The second-order valence-electron chi connectivity index (χ2n) is 9.51. The lowest BCUT2D eigenvalue weighted by molar-refractivity contribution is -0.181. The number of carbonyl (C=O) groups is 7. The number of amides is 5. The summed E-state index contributed by atoms with van der Waals surface area (Å²) in [5, 5.41) is 12.8. The predicted molar refractivity (Wildman–Crippen MR) is 130 cm³/mol. The van der Waals surface area contributed by atoms with E-state index in [2.05, 4.69) is 5.32 Å². The minimum Gasteiger partial charge on any atom is -0.481 e. The fourth-order valence-corrected chi connectivity index (χ4v) is 4.17. The van der Waals surface area contributed by atoms with Gasteiger partial charge in [0.25, 0.3) is 23.6 Å². The van der Waals surface area contributed by atoms with Gasteiger partial charge in [-0.1, -0.05) is 31.8 Å². The van der Waals surface area contributed by atoms with Crippen LogP contribution in [0.25, 0.3) is 0 Å². The Morgan fingerprint density at radius 1 is 0.947 bits per heavy atom. The SMILES string of the molecule is CC(C)C(OC(=O)ON1C(=O)CCC1=O)C(CCCCNC(=O)CCCCCN1C(=O)C=CC1=O)C(=O)O. The number of imide groups is 2. The van der Waals surface area contributed by atoms with Crippen LogP contribution >= 0.6 is 0 Å². The molecule has 1 saturated heterocycles. The smallest absolute Gasteiger partial charge is 0.481 e. The van der Waals surface area contributed by atoms with Gasteiger partial charge in [0.05, 0.1) is 5.92 Å². The maximum atomic E-state index is 12.1. The summed E-state index contributed by atoms with van der Waals surface area (Å²) in [6.07, 6.45) is 3.27. The van der Waals surface area contributed by atoms with E-state index in [1.807, 2.05) is 0 Å². The van der Waals surface area contributed by atoms with Crippen LogP contribution in [-0.4, -0.2) is 75.9 Å². The van der Waals surface area contributed by atoms with E-state index in [9.17, 15) is 38.7 Å². The number of carboxylic acid groups (broad SMARTS) is 1. The van der Waals surface area contributed by atoms with Gasteiger partial charge in [-0.25, -0.2) is 4.79 Å². The quantitative estimate of drug-likeness (QED) is 0.167. The molecule has 2 aliphatic heterocycles. The predicted octanol–water partition coefficient (Wildman–Crippen LogP) is 1.70. The summed E-state index contributed by atoms with van der Waals surface area (Å²) in [5.41, 5.74) is 0. The Bertz CT molecular complexity index is 927. The summed E-state index contributed by atoms with van der Waals surface area (Å²) in [5.74, 6) is -4.72. The maximum absolute atomic E-state index is 12.1. The number of nitrogens with zero attached hydrogens (tertiary/aromatic N) is 2. The zero-order valence-corrected chi connectivity index (χ0v) is 21.7. The number of unbranched alkanes of at least 4 members (excludes halogenated alkanes) is 3. The van der Waals surface area contributed by atoms with Gasteiger partial charge in [0.1, 0.15) is 6.10 Å². The van der Waals surface area contributed by atoms with E-state index in [0.29, 0.717) is 56.7 Å². The van der Waals surface area contributed by atoms with E-state index in [-0.39, 0.29) is 42.9 Å². The van der Waals surface area contributed by atoms with E-state index in [1.165, 1.54) is 12.2 Å². The van der Waals surface area contributed by atoms with Crippen molar-refractivity contribution >= 4 is 41.7 Å². The minimum atomic E-state index is -1.32. The van der Waals surface area contributed by atoms with E-state index >= 15 is 0 Å². The molecular formula is C25H35N3O10. The monoisotopic (exact) mass is 537 g/mol. The lowest BCUT2D eigenvalue weighted by Crippen LogP contribution is -2.39. The van der Waals surface area contributed by atoms with Crippen LogP contribution in [0.5, 0.6) is 0 Å². The van der Waals surface area contributed by atoms with E-state index in [4.69, 9.17) is 9.57 Å². The zero-order chi connectivity index (χ0) is 28.2. The van der Waals surface area contributed by atoms with Gasteiger partial charge in [-0.05, 0) is 31.6 Å². The topological polar surface area (TPSA) is 177 Å². The van der Waals surface area contributed by atoms with Gasteiger partial charge < -0.3 is 15.2 Å². The first-order valence-electron chi connectivity index (χ1n) is 12.8. The third kappa shape index (κ3) is 9.27. The number of hydrogen-bond acceptors (Lipinski definition) is 9. The lowest BCUT2D eigenvalue weighted by atomic mass is 9.89. The lowest BCUT2D eigenvalue weighted by Gasteiger charge is -2.27. The molecule has 2 aliphatic rings. The first kappa shape index (κ1) is 30.5. The van der Waals surface area contributed by atoms with Gasteiger partial charge >= 0.3 is 12.1 Å². The van der Waals surface area contributed by atoms with Crippen LogP contribution in [0.15, 0.2) is 12.2 Å². The number of rotatable bonds is 16. The van der Waals surface area contributed by atoms with E-state index in [1.54, 1.807) is 13.8 Å². The molecule has 2 rings (SSSR count). The molecule has 13 nitrogen and oxygen atoms in total. The van der Waals surface area contributed by atoms with E-state index in [0.717, 1.165) is 4.90 Å². The Hall–Kier alpha value is -3.77. The van der Waals surface area contributed by atoms with Crippen LogP contribution in [0.4, 0.5) is 4.79 Å². The normalized spacial score (nSPS) is 16.8. The van der Waals surface area contributed by atoms with Crippen molar-refractivity contribution in [3.05, 3.63) is 12.2 Å². The summed E-state index contributed by atoms with van der Waals surface area (Å²) in [6.45, 7) is 4.03. The largest absolute Gasteiger partial charge is 0.534 e. The fraction of sp³-hybridized carbons (Fsp3) is 0.640. The number of hydroxylamine groups is 2. The minimum absolute atomic E-state index is 0.0744. The van der Waals surface area contributed by atoms with Crippen molar-refractivity contribution in [2.75, 3.05) is 13.1 Å². The van der Waals surface area contributed by atoms with Crippen LogP contribution in [0.1, 0.15) is 71.6 Å². The average molecular weight is 538 g/mol. The molecule has 5 amide bonds. The van der Waals surface area contributed by atoms with Gasteiger partial charge in [-0.2, -0.15) is 0 Å². The highest BCUT2D eigenvalue weighted by Crippen LogP contribution is 2.24. The molecule has 210 valence electrons. The number of carbonyl (C=O) groups excluding carboxylic acids is 6. The third-order valence-corrected chi connectivity index (χ3v) is 6.22. The molecule has 13 heteroatoms. The molecule has 2 N–H and O–H groups in total. The molecular weight excluding hydrogens is 502 g/mol. The first-order valence-corrected chi connectivity index (χ1v) is 12.8. The highest BCUT2D eigenvalue weighted by Gasteiger charge is 2.37. The second kappa shape index (κ2) is 14.8. The van der Waals surface area contributed by atoms with Gasteiger partial charge in [-0.15, -0.1) is 0 Å². The Labute approximate surface area is 220 Å². The summed E-state index contributed by atoms with van der Waals surface area (Å²) in [7, 11) is 0. The van der Waals surface area contributed by atoms with Gasteiger partial charge in [-0.3, -0.25) is 38.5 Å². The molecule has 2 unspecified atom stereocenters. The summed E-state index contributed by atoms with van der Waals surface area (Å²) in [4.78, 5) is 88.1. The summed E-state index contributed by atoms with van der Waals surface area (Å²) >= 11 is 0. The number of nitrogens with one attached hydrogen (secondary N) is 1. The maximum Gasteiger partial charge on any atom is 0.534 e. The molecule has 0 radical (unpaired) electrons. The number of ether oxygens (including phenoxy) is 1. The molecule has 0 spiro atoms. The van der Waals surface area contributed by atoms with Gasteiger partial charge in [0, 0.05) is 44.5 Å². The number of carboxylic acids is 1. The van der Waals surface area contributed by atoms with Crippen LogP contribution < -0.4 is 5.32 Å². The highest BCUT2D eigenvalue weighted by molar-refractivity contribution is 6.12. The zero-order valence-electron chi connectivity index (χ0n) is 21.7. The van der Waals surface area contributed by atoms with Crippen LogP contribution in [0.2, 0.25) is 0 Å². The van der Waals surface area contributed by atoms with Crippen molar-refractivity contribution in [3.8, 4) is 0 Å². The van der Waals surface area contributed by atoms with Crippen molar-refractivity contribution in [2.45, 2.75) is 77.7 Å². The molecule has 2 heterocycles. The van der Waals surface area contributed by atoms with Crippen molar-refractivity contribution < 1.29 is 48.2 Å². The summed E-state index contributed by atoms with van der Waals surface area (Å²) < 4.78 is 5.20. The molecule has 0 aromatic rings. The molecule has 1 fully saturated rings. The first-order chi connectivity index (χ1) is 18.0. The Morgan fingerprint density at radius 3 is 2.16 bits per heavy atom. The molecule has 0 bridgehead atoms. The molecule has 0 aromatic heterocycles. The molecule has 2 atom stereocenters. The van der Waals surface area contributed by atoms with Crippen LogP contribution in [0.3, 0.4) is 0 Å². The molecule has 0 aromatic carbocycles. The Kier molecular flexibility index (Phi) is 11.9. The highest BCUT2D eigenvalue weighted by atomic mass is 16.8. The standard InChI is InChI=1S/C25H35N3O10/c1-16(2)23(37-25(36)38-28-21(32)12-13-22(28)33)17(24(34)35)8-5-6-14-26-18(29)9-4-3-7-15-27-19(30)10-11-20(27)31/h10-11,16-17,23H,3-9,12-15H2,1-2H3,(H,26,29)(H,34,35). The van der Waals surface area contributed by atoms with E-state index < -0.39 is 36.0 Å². The van der Waals surface area contributed by atoms with Crippen molar-refractivity contribution in [2.24, 2.45) is 11.8 Å². The molecule has 0 aliphatic carbocycles. The van der Waals surface area contributed by atoms with Gasteiger partial charge in [0.15, 0.2) is 0 Å². The van der Waals surface area contributed by atoms with Crippen molar-refractivity contribution in [3.63, 3.8) is 0 Å². The Balaban J connectivity index is 1.66. The second-order valence-corrected chi connectivity index (χ2v) is 9.51. The molecule has 38 heavy (non-hydrogen) atoms. The van der Waals surface area contributed by atoms with Crippen molar-refractivity contribution in [1.29, 1.82) is 0 Å². The van der Waals surface area contributed by atoms with Crippen LogP contribution in [0, 0.1) is 11.8 Å². The average Bonchev–Trinajstić information content (AvgIpc) is 3.34. The van der Waals surface area contributed by atoms with Gasteiger partial charge in [0.2, 0.25) is 5.91 Å². The number of hydrogen-bond donors (Lipinski definition) is 2. The number of aliphatic carboxylic acids is 1. The molecule has 0 saturated carbocycles. The van der Waals surface area contributed by atoms with Crippen molar-refractivity contribution in [1.82, 2.24) is 15.3 Å². The third-order valence-electron chi connectivity index (χ3n) is 6.22. The summed E-state index contributed by atoms with van der Waals surface area (Å²) in [6, 6.07) is 0.